The summed E-state index contributed by atoms with van der Waals surface area (Å²) in [7, 11) is 1.76. The van der Waals surface area contributed by atoms with Crippen molar-refractivity contribution in [1.29, 1.82) is 0 Å². The lowest BCUT2D eigenvalue weighted by Gasteiger charge is -2.11. The van der Waals surface area contributed by atoms with Crippen LogP contribution in [0.25, 0.3) is 11.0 Å². The first kappa shape index (κ1) is 13.1. The molecule has 0 saturated carbocycles. The van der Waals surface area contributed by atoms with Gasteiger partial charge in [-0.2, -0.15) is 5.10 Å². The van der Waals surface area contributed by atoms with E-state index >= 15 is 0 Å². The largest absolute Gasteiger partial charge is 0.459 e. The predicted molar refractivity (Wildman–Crippen MR) is 75.2 cm³/mol. The summed E-state index contributed by atoms with van der Waals surface area (Å²) < 4.78 is 20.7. The Hall–Kier alpha value is -1.85. The van der Waals surface area contributed by atoms with Gasteiger partial charge in [-0.05, 0) is 25.1 Å². The highest BCUT2D eigenvalue weighted by Crippen LogP contribution is 2.33. The second kappa shape index (κ2) is 4.61. The number of nitrogens with two attached hydrogens (primary N) is 1. The molecule has 0 bridgehead atoms. The zero-order valence-corrected chi connectivity index (χ0v) is 11.8. The molecule has 0 spiro atoms. The summed E-state index contributed by atoms with van der Waals surface area (Å²) in [5.41, 5.74) is 8.31. The van der Waals surface area contributed by atoms with E-state index in [2.05, 4.69) is 5.10 Å². The molecule has 3 rings (SSSR count). The van der Waals surface area contributed by atoms with E-state index < -0.39 is 6.04 Å². The lowest BCUT2D eigenvalue weighted by atomic mass is 10.1. The smallest absolute Gasteiger partial charge is 0.134 e. The second-order valence-corrected chi connectivity index (χ2v) is 5.12. The third kappa shape index (κ3) is 1.90. The minimum Gasteiger partial charge on any atom is -0.459 e. The number of nitrogens with zero attached hydrogens (tertiary/aromatic N) is 2. The van der Waals surface area contributed by atoms with Gasteiger partial charge in [-0.15, -0.1) is 0 Å². The molecule has 2 N–H and O–H groups in total. The van der Waals surface area contributed by atoms with Gasteiger partial charge in [-0.1, -0.05) is 11.6 Å². The molecule has 0 amide bonds. The van der Waals surface area contributed by atoms with Crippen molar-refractivity contribution in [2.24, 2.45) is 12.8 Å². The number of hydrogen-bond donors (Lipinski definition) is 1. The van der Waals surface area contributed by atoms with Crippen molar-refractivity contribution in [3.8, 4) is 0 Å². The van der Waals surface area contributed by atoms with E-state index in [1.165, 1.54) is 18.3 Å². The van der Waals surface area contributed by atoms with E-state index in [9.17, 15) is 4.39 Å². The van der Waals surface area contributed by atoms with Crippen LogP contribution in [0.3, 0.4) is 0 Å². The first-order valence-electron chi connectivity index (χ1n) is 6.10. The summed E-state index contributed by atoms with van der Waals surface area (Å²) in [5, 5.41) is 5.26. The van der Waals surface area contributed by atoms with E-state index in [4.69, 9.17) is 21.8 Å². The predicted octanol–water partition coefficient (Wildman–Crippen LogP) is 3.32. The lowest BCUT2D eigenvalue weighted by Crippen LogP contribution is -2.16. The Morgan fingerprint density at radius 3 is 2.85 bits per heavy atom. The van der Waals surface area contributed by atoms with Gasteiger partial charge in [0.05, 0.1) is 16.9 Å². The van der Waals surface area contributed by atoms with Crippen molar-refractivity contribution in [2.45, 2.75) is 13.0 Å². The molecule has 0 aliphatic heterocycles. The highest BCUT2D eigenvalue weighted by molar-refractivity contribution is 6.31. The van der Waals surface area contributed by atoms with Gasteiger partial charge in [0, 0.05) is 18.0 Å². The number of hydrogen-bond acceptors (Lipinski definition) is 3. The van der Waals surface area contributed by atoms with E-state index in [0.717, 1.165) is 5.56 Å². The Morgan fingerprint density at radius 2 is 2.20 bits per heavy atom. The molecule has 3 aromatic rings. The first-order chi connectivity index (χ1) is 9.49. The zero-order chi connectivity index (χ0) is 14.4. The monoisotopic (exact) mass is 293 g/mol. The Balaban J connectivity index is 2.17. The van der Waals surface area contributed by atoms with Gasteiger partial charge in [-0.25, -0.2) is 4.39 Å². The fraction of sp³-hybridized carbons (Fsp3) is 0.214. The van der Waals surface area contributed by atoms with Gasteiger partial charge in [0.2, 0.25) is 0 Å². The highest BCUT2D eigenvalue weighted by atomic mass is 35.5. The van der Waals surface area contributed by atoms with Crippen LogP contribution in [0, 0.1) is 12.7 Å². The number of furan rings is 1. The minimum absolute atomic E-state index is 0.305. The number of rotatable bonds is 2. The number of fused-ring (bicyclic) bond motifs is 1. The van der Waals surface area contributed by atoms with Gasteiger partial charge in [0.25, 0.3) is 0 Å². The molecule has 0 fully saturated rings. The summed E-state index contributed by atoms with van der Waals surface area (Å²) in [6.07, 6.45) is 1.54. The average molecular weight is 294 g/mol. The van der Waals surface area contributed by atoms with E-state index in [1.54, 1.807) is 17.8 Å². The summed E-state index contributed by atoms with van der Waals surface area (Å²) in [6, 6.07) is 3.84. The van der Waals surface area contributed by atoms with Crippen LogP contribution in [0.2, 0.25) is 5.02 Å². The fourth-order valence-corrected chi connectivity index (χ4v) is 2.69. The third-order valence-electron chi connectivity index (χ3n) is 3.45. The summed E-state index contributed by atoms with van der Waals surface area (Å²) >= 11 is 6.10. The van der Waals surface area contributed by atoms with Crippen LogP contribution in [-0.4, -0.2) is 9.78 Å². The van der Waals surface area contributed by atoms with Crippen molar-refractivity contribution < 1.29 is 8.81 Å². The molecule has 2 heterocycles. The minimum atomic E-state index is -0.550. The standard InChI is InChI=1S/C14H13ClFN3O/c1-7-9-5-8(16)3-4-11(9)20-14(7)12(17)13-10(15)6-18-19(13)2/h3-6,12H,17H2,1-2H3. The van der Waals surface area contributed by atoms with Crippen LogP contribution in [0.4, 0.5) is 4.39 Å². The fourth-order valence-electron chi connectivity index (χ4n) is 2.40. The maximum atomic E-state index is 13.3. The number of benzene rings is 1. The molecule has 2 aromatic heterocycles. The normalized spacial score (nSPS) is 13.1. The Kier molecular flexibility index (Phi) is 3.03. The van der Waals surface area contributed by atoms with E-state index in [-0.39, 0.29) is 5.82 Å². The first-order valence-corrected chi connectivity index (χ1v) is 6.48. The zero-order valence-electron chi connectivity index (χ0n) is 11.0. The molecule has 0 aliphatic carbocycles. The third-order valence-corrected chi connectivity index (χ3v) is 3.74. The van der Waals surface area contributed by atoms with Crippen molar-refractivity contribution >= 4 is 22.6 Å². The molecule has 1 unspecified atom stereocenters. The van der Waals surface area contributed by atoms with Crippen LogP contribution in [-0.2, 0) is 7.05 Å². The maximum absolute atomic E-state index is 13.3. The highest BCUT2D eigenvalue weighted by Gasteiger charge is 2.23. The Labute approximate surface area is 119 Å². The Morgan fingerprint density at radius 1 is 1.45 bits per heavy atom. The summed E-state index contributed by atoms with van der Waals surface area (Å²) in [6.45, 7) is 1.85. The Bertz CT molecular complexity index is 774. The van der Waals surface area contributed by atoms with Crippen molar-refractivity contribution in [3.05, 3.63) is 52.3 Å². The molecule has 4 nitrogen and oxygen atoms in total. The summed E-state index contributed by atoms with van der Waals surface area (Å²) in [4.78, 5) is 0. The van der Waals surface area contributed by atoms with E-state index in [1.807, 2.05) is 6.92 Å². The van der Waals surface area contributed by atoms with Crippen LogP contribution >= 0.6 is 11.6 Å². The molecule has 20 heavy (non-hydrogen) atoms. The number of halogens is 2. The SMILES string of the molecule is Cc1c(C(N)c2c(Cl)cnn2C)oc2ccc(F)cc12. The van der Waals surface area contributed by atoms with Crippen LogP contribution in [0.15, 0.2) is 28.8 Å². The second-order valence-electron chi connectivity index (χ2n) is 4.71. The lowest BCUT2D eigenvalue weighted by molar-refractivity contribution is 0.505. The molecule has 104 valence electrons. The molecule has 0 radical (unpaired) electrons. The van der Waals surface area contributed by atoms with Gasteiger partial charge >= 0.3 is 0 Å². The van der Waals surface area contributed by atoms with E-state index in [0.29, 0.717) is 27.4 Å². The van der Waals surface area contributed by atoms with Crippen molar-refractivity contribution in [2.75, 3.05) is 0 Å². The molecule has 1 atom stereocenters. The van der Waals surface area contributed by atoms with Crippen LogP contribution in [0.5, 0.6) is 0 Å². The molecular weight excluding hydrogens is 281 g/mol. The molecule has 0 saturated heterocycles. The van der Waals surface area contributed by atoms with Crippen LogP contribution in [0.1, 0.15) is 23.1 Å². The maximum Gasteiger partial charge on any atom is 0.134 e. The molecule has 0 aliphatic rings. The average Bonchev–Trinajstić information content (AvgIpc) is 2.91. The summed E-state index contributed by atoms with van der Waals surface area (Å²) in [5.74, 6) is 0.260. The molecule has 6 heteroatoms. The van der Waals surface area contributed by atoms with Gasteiger partial charge in [-0.3, -0.25) is 4.68 Å². The van der Waals surface area contributed by atoms with Gasteiger partial charge in [0.1, 0.15) is 23.2 Å². The van der Waals surface area contributed by atoms with Crippen LogP contribution < -0.4 is 5.73 Å². The topological polar surface area (TPSA) is 57.0 Å². The van der Waals surface area contributed by atoms with Crippen molar-refractivity contribution in [1.82, 2.24) is 9.78 Å². The van der Waals surface area contributed by atoms with Gasteiger partial charge < -0.3 is 10.2 Å². The number of aryl methyl sites for hydroxylation is 2. The molecule has 1 aromatic carbocycles. The molecular formula is C14H13ClFN3O. The van der Waals surface area contributed by atoms with Gasteiger partial charge in [0.15, 0.2) is 0 Å². The van der Waals surface area contributed by atoms with Crippen molar-refractivity contribution in [3.63, 3.8) is 0 Å². The number of aromatic nitrogens is 2. The quantitative estimate of drug-likeness (QED) is 0.788.